The van der Waals surface area contributed by atoms with Gasteiger partial charge in [0.05, 0.1) is 6.10 Å². The first kappa shape index (κ1) is 10.6. The van der Waals surface area contributed by atoms with Crippen LogP contribution in [0.1, 0.15) is 24.8 Å². The van der Waals surface area contributed by atoms with Gasteiger partial charge >= 0.3 is 0 Å². The molecule has 0 aromatic heterocycles. The third-order valence-electron chi connectivity index (χ3n) is 3.12. The Morgan fingerprint density at radius 3 is 2.67 bits per heavy atom. The lowest BCUT2D eigenvalue weighted by Crippen LogP contribution is -2.16. The lowest BCUT2D eigenvalue weighted by molar-refractivity contribution is 0.132. The van der Waals surface area contributed by atoms with Gasteiger partial charge in [0.25, 0.3) is 0 Å². The predicted molar refractivity (Wildman–Crippen MR) is 53.4 cm³/mol. The highest BCUT2D eigenvalue weighted by Gasteiger charge is 2.26. The van der Waals surface area contributed by atoms with Gasteiger partial charge in [-0.1, -0.05) is 12.5 Å². The molecule has 0 heterocycles. The topological polar surface area (TPSA) is 20.2 Å². The van der Waals surface area contributed by atoms with E-state index < -0.39 is 11.6 Å². The van der Waals surface area contributed by atoms with E-state index in [9.17, 15) is 13.9 Å². The molecule has 3 heteroatoms. The molecule has 0 radical (unpaired) electrons. The molecule has 1 aromatic rings. The molecule has 1 saturated carbocycles. The summed E-state index contributed by atoms with van der Waals surface area (Å²) in [7, 11) is 0. The lowest BCUT2D eigenvalue weighted by Gasteiger charge is -2.14. The summed E-state index contributed by atoms with van der Waals surface area (Å²) in [5, 5.41) is 9.60. The van der Waals surface area contributed by atoms with Crippen LogP contribution in [0, 0.1) is 17.6 Å². The van der Waals surface area contributed by atoms with Crippen molar-refractivity contribution >= 4 is 0 Å². The SMILES string of the molecule is OC1CCCC1Cc1ccc(F)cc1F. The molecule has 2 rings (SSSR count). The van der Waals surface area contributed by atoms with E-state index in [0.29, 0.717) is 12.0 Å². The molecule has 1 fully saturated rings. The van der Waals surface area contributed by atoms with Gasteiger partial charge < -0.3 is 5.11 Å². The summed E-state index contributed by atoms with van der Waals surface area (Å²) in [6.07, 6.45) is 2.90. The lowest BCUT2D eigenvalue weighted by atomic mass is 9.96. The number of benzene rings is 1. The highest BCUT2D eigenvalue weighted by molar-refractivity contribution is 5.19. The summed E-state index contributed by atoms with van der Waals surface area (Å²) in [6.45, 7) is 0. The van der Waals surface area contributed by atoms with E-state index in [-0.39, 0.29) is 12.0 Å². The van der Waals surface area contributed by atoms with Crippen LogP contribution in [0.15, 0.2) is 18.2 Å². The molecule has 0 aliphatic heterocycles. The van der Waals surface area contributed by atoms with Crippen LogP contribution >= 0.6 is 0 Å². The molecule has 2 atom stereocenters. The van der Waals surface area contributed by atoms with Crippen molar-refractivity contribution < 1.29 is 13.9 Å². The van der Waals surface area contributed by atoms with Crippen molar-refractivity contribution in [3.8, 4) is 0 Å². The Kier molecular flexibility index (Phi) is 3.00. The van der Waals surface area contributed by atoms with E-state index >= 15 is 0 Å². The summed E-state index contributed by atoms with van der Waals surface area (Å²) in [5.74, 6) is -0.928. The highest BCUT2D eigenvalue weighted by atomic mass is 19.1. The van der Waals surface area contributed by atoms with Crippen molar-refractivity contribution in [1.29, 1.82) is 0 Å². The Morgan fingerprint density at radius 1 is 1.27 bits per heavy atom. The molecular weight excluding hydrogens is 198 g/mol. The van der Waals surface area contributed by atoms with Crippen LogP contribution in [-0.4, -0.2) is 11.2 Å². The number of aliphatic hydroxyl groups excluding tert-OH is 1. The van der Waals surface area contributed by atoms with Gasteiger partial charge in [0.15, 0.2) is 0 Å². The first-order valence-electron chi connectivity index (χ1n) is 5.29. The molecule has 0 amide bonds. The first-order chi connectivity index (χ1) is 7.16. The Labute approximate surface area is 87.7 Å². The fraction of sp³-hybridized carbons (Fsp3) is 0.500. The van der Waals surface area contributed by atoms with Gasteiger partial charge in [-0.05, 0) is 36.8 Å². The molecule has 0 saturated heterocycles. The number of halogens is 2. The van der Waals surface area contributed by atoms with Crippen LogP contribution in [0.5, 0.6) is 0 Å². The van der Waals surface area contributed by atoms with Crippen LogP contribution in [0.25, 0.3) is 0 Å². The number of aliphatic hydroxyl groups is 1. The minimum Gasteiger partial charge on any atom is -0.393 e. The average Bonchev–Trinajstić information content (AvgIpc) is 2.57. The number of hydrogen-bond donors (Lipinski definition) is 1. The second-order valence-corrected chi connectivity index (χ2v) is 4.20. The number of hydrogen-bond acceptors (Lipinski definition) is 1. The van der Waals surface area contributed by atoms with Crippen LogP contribution in [0.2, 0.25) is 0 Å². The van der Waals surface area contributed by atoms with Gasteiger partial charge in [-0.25, -0.2) is 8.78 Å². The van der Waals surface area contributed by atoms with E-state index in [2.05, 4.69) is 0 Å². The Hall–Kier alpha value is -0.960. The Balaban J connectivity index is 2.10. The molecular formula is C12H14F2O. The largest absolute Gasteiger partial charge is 0.393 e. The maximum Gasteiger partial charge on any atom is 0.129 e. The van der Waals surface area contributed by atoms with Crippen LogP contribution in [0.3, 0.4) is 0 Å². The quantitative estimate of drug-likeness (QED) is 0.799. The van der Waals surface area contributed by atoms with Gasteiger partial charge in [-0.3, -0.25) is 0 Å². The molecule has 1 aromatic carbocycles. The van der Waals surface area contributed by atoms with Gasteiger partial charge in [-0.15, -0.1) is 0 Å². The molecule has 2 unspecified atom stereocenters. The van der Waals surface area contributed by atoms with Crippen molar-refractivity contribution in [3.63, 3.8) is 0 Å². The van der Waals surface area contributed by atoms with Crippen LogP contribution in [-0.2, 0) is 6.42 Å². The molecule has 1 aliphatic carbocycles. The fourth-order valence-electron chi connectivity index (χ4n) is 2.23. The van der Waals surface area contributed by atoms with Crippen molar-refractivity contribution in [3.05, 3.63) is 35.4 Å². The third-order valence-corrected chi connectivity index (χ3v) is 3.12. The van der Waals surface area contributed by atoms with Crippen molar-refractivity contribution in [2.24, 2.45) is 5.92 Å². The van der Waals surface area contributed by atoms with E-state index in [1.807, 2.05) is 0 Å². The summed E-state index contributed by atoms with van der Waals surface area (Å²) in [4.78, 5) is 0. The summed E-state index contributed by atoms with van der Waals surface area (Å²) < 4.78 is 26.0. The van der Waals surface area contributed by atoms with Crippen molar-refractivity contribution in [1.82, 2.24) is 0 Å². The van der Waals surface area contributed by atoms with Gasteiger partial charge in [0, 0.05) is 6.07 Å². The zero-order valence-electron chi connectivity index (χ0n) is 8.42. The van der Waals surface area contributed by atoms with Gasteiger partial charge in [0.1, 0.15) is 11.6 Å². The zero-order valence-corrected chi connectivity index (χ0v) is 8.42. The molecule has 82 valence electrons. The Morgan fingerprint density at radius 2 is 2.07 bits per heavy atom. The minimum absolute atomic E-state index is 0.130. The molecule has 1 aliphatic rings. The second-order valence-electron chi connectivity index (χ2n) is 4.20. The molecule has 1 N–H and O–H groups in total. The number of rotatable bonds is 2. The van der Waals surface area contributed by atoms with Gasteiger partial charge in [0.2, 0.25) is 0 Å². The molecule has 15 heavy (non-hydrogen) atoms. The standard InChI is InChI=1S/C12H14F2O/c13-10-5-4-8(11(14)7-10)6-9-2-1-3-12(9)15/h4-5,7,9,12,15H,1-3,6H2. The first-order valence-corrected chi connectivity index (χ1v) is 5.29. The van der Waals surface area contributed by atoms with Crippen LogP contribution in [0.4, 0.5) is 8.78 Å². The second kappa shape index (κ2) is 4.27. The van der Waals surface area contributed by atoms with E-state index in [4.69, 9.17) is 0 Å². The maximum absolute atomic E-state index is 13.3. The average molecular weight is 212 g/mol. The van der Waals surface area contributed by atoms with E-state index in [0.717, 1.165) is 25.3 Å². The Bertz CT molecular complexity index is 351. The third kappa shape index (κ3) is 2.34. The maximum atomic E-state index is 13.3. The molecule has 1 nitrogen and oxygen atoms in total. The zero-order chi connectivity index (χ0) is 10.8. The van der Waals surface area contributed by atoms with Gasteiger partial charge in [-0.2, -0.15) is 0 Å². The minimum atomic E-state index is -0.553. The highest BCUT2D eigenvalue weighted by Crippen LogP contribution is 2.29. The smallest absolute Gasteiger partial charge is 0.129 e. The monoisotopic (exact) mass is 212 g/mol. The summed E-state index contributed by atoms with van der Waals surface area (Å²) >= 11 is 0. The normalized spacial score (nSPS) is 25.8. The van der Waals surface area contributed by atoms with Crippen molar-refractivity contribution in [2.45, 2.75) is 31.8 Å². The summed E-state index contributed by atoms with van der Waals surface area (Å²) in [5.41, 5.74) is 0.502. The van der Waals surface area contributed by atoms with Crippen molar-refractivity contribution in [2.75, 3.05) is 0 Å². The van der Waals surface area contributed by atoms with E-state index in [1.165, 1.54) is 12.1 Å². The van der Waals surface area contributed by atoms with E-state index in [1.54, 1.807) is 0 Å². The summed E-state index contributed by atoms with van der Waals surface area (Å²) in [6, 6.07) is 3.63. The fourth-order valence-corrected chi connectivity index (χ4v) is 2.23. The van der Waals surface area contributed by atoms with Crippen LogP contribution < -0.4 is 0 Å². The predicted octanol–water partition coefficient (Wildman–Crippen LogP) is 2.67. The molecule has 0 bridgehead atoms. The molecule has 0 spiro atoms.